The van der Waals surface area contributed by atoms with Gasteiger partial charge >= 0.3 is 0 Å². The minimum Gasteiger partial charge on any atom is -0.493 e. The lowest BCUT2D eigenvalue weighted by molar-refractivity contribution is 0.354. The third-order valence-electron chi connectivity index (χ3n) is 4.42. The van der Waals surface area contributed by atoms with Gasteiger partial charge in [0.2, 0.25) is 0 Å². The second-order valence-electron chi connectivity index (χ2n) is 7.52. The van der Waals surface area contributed by atoms with Crippen molar-refractivity contribution in [3.8, 4) is 11.5 Å². The third kappa shape index (κ3) is 4.16. The van der Waals surface area contributed by atoms with Gasteiger partial charge in [0.1, 0.15) is 10.7 Å². The number of hydrogen-bond donors (Lipinski definition) is 3. The summed E-state index contributed by atoms with van der Waals surface area (Å²) in [6.45, 7) is 6.10. The minimum atomic E-state index is -0.437. The Morgan fingerprint density at radius 1 is 0.966 bits per heavy atom. The molecule has 8 heteroatoms. The Kier molecular flexibility index (Phi) is 5.45. The first kappa shape index (κ1) is 20.2. The Hall–Kier alpha value is -3.55. The molecule has 152 valence electrons. The van der Waals surface area contributed by atoms with Crippen molar-refractivity contribution in [2.45, 2.75) is 26.2 Å². The van der Waals surface area contributed by atoms with Gasteiger partial charge in [-0.2, -0.15) is 0 Å². The summed E-state index contributed by atoms with van der Waals surface area (Å²) in [4.78, 5) is 37.8. The van der Waals surface area contributed by atoms with Gasteiger partial charge in [0.05, 0.1) is 26.2 Å². The lowest BCUT2D eigenvalue weighted by Gasteiger charge is -2.16. The van der Waals surface area contributed by atoms with Gasteiger partial charge in [-0.1, -0.05) is 32.9 Å². The molecule has 1 aromatic carbocycles. The number of aromatic nitrogens is 4. The van der Waals surface area contributed by atoms with Crippen molar-refractivity contribution in [3.05, 3.63) is 72.9 Å². The first-order valence-corrected chi connectivity index (χ1v) is 9.05. The largest absolute Gasteiger partial charge is 0.493 e. The number of H-pyrrole nitrogens is 3. The first-order chi connectivity index (χ1) is 13.7. The lowest BCUT2D eigenvalue weighted by Crippen LogP contribution is -2.46. The smallest absolute Gasteiger partial charge is 0.272 e. The molecule has 0 aliphatic carbocycles. The van der Waals surface area contributed by atoms with Crippen LogP contribution in [0.15, 0.2) is 34.1 Å². The Morgan fingerprint density at radius 2 is 1.62 bits per heavy atom. The summed E-state index contributed by atoms with van der Waals surface area (Å²) >= 11 is 0. The van der Waals surface area contributed by atoms with Crippen LogP contribution in [0.5, 0.6) is 11.5 Å². The van der Waals surface area contributed by atoms with Crippen LogP contribution in [0.25, 0.3) is 12.2 Å². The van der Waals surface area contributed by atoms with Gasteiger partial charge < -0.3 is 24.4 Å². The Morgan fingerprint density at radius 3 is 2.21 bits per heavy atom. The summed E-state index contributed by atoms with van der Waals surface area (Å²) in [6, 6.07) is 5.28. The molecule has 0 amide bonds. The van der Waals surface area contributed by atoms with Gasteiger partial charge in [-0.3, -0.25) is 9.59 Å². The highest BCUT2D eigenvalue weighted by atomic mass is 16.5. The quantitative estimate of drug-likeness (QED) is 0.603. The molecule has 0 saturated carbocycles. The van der Waals surface area contributed by atoms with Gasteiger partial charge in [0.25, 0.3) is 11.1 Å². The average molecular weight is 396 g/mol. The number of hydrogen-bond acceptors (Lipinski definition) is 5. The molecule has 8 nitrogen and oxygen atoms in total. The number of ether oxygens (including phenoxy) is 2. The summed E-state index contributed by atoms with van der Waals surface area (Å²) in [5.74, 6) is 0.996. The fraction of sp³-hybridized carbons (Fsp3) is 0.286. The summed E-state index contributed by atoms with van der Waals surface area (Å²) in [5.41, 5.74) is 1.02. The number of methoxy groups -OCH3 is 2. The number of nitrogens with one attached hydrogen (secondary N) is 3. The summed E-state index contributed by atoms with van der Waals surface area (Å²) in [7, 11) is 3.04. The van der Waals surface area contributed by atoms with Crippen molar-refractivity contribution in [2.75, 3.05) is 14.2 Å². The predicted octanol–water partition coefficient (Wildman–Crippen LogP) is 0.759. The molecular weight excluding hydrogens is 372 g/mol. The summed E-state index contributed by atoms with van der Waals surface area (Å²) in [6.07, 6.45) is 4.67. The number of para-hydroxylation sites is 1. The third-order valence-corrected chi connectivity index (χ3v) is 4.42. The molecule has 0 spiro atoms. The van der Waals surface area contributed by atoms with Crippen LogP contribution in [-0.2, 0) is 5.41 Å². The normalized spacial score (nSPS) is 13.0. The molecule has 0 atom stereocenters. The molecular formula is C21H24N4O4. The Labute approximate surface area is 167 Å². The molecule has 3 rings (SSSR count). The standard InChI is InChI=1S/C21H24N4O4/c1-21(2,3)18-13(22-11-23-18)10-15-20(27)24-14(19(26)25-15)9-12-7-6-8-16(28-4)17(12)29-5/h6-11H,1-5H3,(H,22,23)(H,24,27)(H,25,26)/b14-9+,15-10+. The predicted molar refractivity (Wildman–Crippen MR) is 111 cm³/mol. The molecule has 2 aromatic heterocycles. The first-order valence-electron chi connectivity index (χ1n) is 9.05. The number of aromatic amines is 3. The zero-order valence-electron chi connectivity index (χ0n) is 17.0. The van der Waals surface area contributed by atoms with E-state index in [4.69, 9.17) is 9.47 Å². The topological polar surface area (TPSA) is 113 Å². The molecule has 0 fully saturated rings. The highest BCUT2D eigenvalue weighted by Crippen LogP contribution is 2.30. The fourth-order valence-corrected chi connectivity index (χ4v) is 3.03. The molecule has 3 aromatic rings. The van der Waals surface area contributed by atoms with Gasteiger partial charge in [0.15, 0.2) is 11.5 Å². The van der Waals surface area contributed by atoms with Crippen molar-refractivity contribution in [1.82, 2.24) is 19.9 Å². The molecule has 0 bridgehead atoms. The maximum absolute atomic E-state index is 12.6. The molecule has 3 N–H and O–H groups in total. The van der Waals surface area contributed by atoms with E-state index >= 15 is 0 Å². The highest BCUT2D eigenvalue weighted by molar-refractivity contribution is 5.61. The summed E-state index contributed by atoms with van der Waals surface area (Å²) < 4.78 is 10.6. The Bertz CT molecular complexity index is 1260. The van der Waals surface area contributed by atoms with Crippen LogP contribution in [0, 0.1) is 0 Å². The zero-order chi connectivity index (χ0) is 21.2. The molecule has 29 heavy (non-hydrogen) atoms. The monoisotopic (exact) mass is 396 g/mol. The van der Waals surface area contributed by atoms with Gasteiger partial charge in [0, 0.05) is 16.7 Å². The fourth-order valence-electron chi connectivity index (χ4n) is 3.03. The van der Waals surface area contributed by atoms with E-state index in [9.17, 15) is 9.59 Å². The van der Waals surface area contributed by atoms with E-state index in [2.05, 4.69) is 19.9 Å². The van der Waals surface area contributed by atoms with E-state index in [1.54, 1.807) is 36.7 Å². The van der Waals surface area contributed by atoms with Crippen LogP contribution >= 0.6 is 0 Å². The van der Waals surface area contributed by atoms with Crippen molar-refractivity contribution in [1.29, 1.82) is 0 Å². The van der Waals surface area contributed by atoms with E-state index in [0.717, 1.165) is 5.69 Å². The van der Waals surface area contributed by atoms with Crippen molar-refractivity contribution in [2.24, 2.45) is 0 Å². The van der Waals surface area contributed by atoms with Crippen LogP contribution in [0.2, 0.25) is 0 Å². The maximum atomic E-state index is 12.6. The van der Waals surface area contributed by atoms with Crippen LogP contribution in [0.3, 0.4) is 0 Å². The second kappa shape index (κ2) is 7.83. The Balaban J connectivity index is 2.16. The highest BCUT2D eigenvalue weighted by Gasteiger charge is 2.19. The van der Waals surface area contributed by atoms with Gasteiger partial charge in [-0.15, -0.1) is 0 Å². The average Bonchev–Trinajstić information content (AvgIpc) is 3.14. The molecule has 0 saturated heterocycles. The zero-order valence-corrected chi connectivity index (χ0v) is 17.0. The van der Waals surface area contributed by atoms with E-state index in [-0.39, 0.29) is 16.1 Å². The molecule has 0 radical (unpaired) electrons. The van der Waals surface area contributed by atoms with Crippen molar-refractivity contribution >= 4 is 12.2 Å². The van der Waals surface area contributed by atoms with Crippen LogP contribution in [0.1, 0.15) is 37.7 Å². The molecule has 2 heterocycles. The molecule has 0 aliphatic heterocycles. The lowest BCUT2D eigenvalue weighted by atomic mass is 9.90. The van der Waals surface area contributed by atoms with Gasteiger partial charge in [-0.25, -0.2) is 4.98 Å². The second-order valence-corrected chi connectivity index (χ2v) is 7.52. The SMILES string of the molecule is COc1cccc(/C=c2/[nH]c(=O)/c(=C\c3nc[nH]c3C(C)(C)C)[nH]c2=O)c1OC. The number of benzene rings is 1. The van der Waals surface area contributed by atoms with Crippen molar-refractivity contribution < 1.29 is 9.47 Å². The number of imidazole rings is 1. The van der Waals surface area contributed by atoms with Crippen LogP contribution in [0.4, 0.5) is 0 Å². The van der Waals surface area contributed by atoms with E-state index in [1.807, 2.05) is 20.8 Å². The maximum Gasteiger partial charge on any atom is 0.272 e. The number of nitrogens with zero attached hydrogens (tertiary/aromatic N) is 1. The molecule has 0 aliphatic rings. The van der Waals surface area contributed by atoms with E-state index < -0.39 is 11.1 Å². The number of rotatable bonds is 4. The molecule has 0 unspecified atom stereocenters. The van der Waals surface area contributed by atoms with Crippen molar-refractivity contribution in [3.63, 3.8) is 0 Å². The summed E-state index contributed by atoms with van der Waals surface area (Å²) in [5, 5.41) is 0.235. The van der Waals surface area contributed by atoms with Crippen LogP contribution < -0.4 is 31.3 Å². The van der Waals surface area contributed by atoms with Gasteiger partial charge in [-0.05, 0) is 18.2 Å². The minimum absolute atomic E-state index is 0.108. The van der Waals surface area contributed by atoms with E-state index in [0.29, 0.717) is 22.8 Å². The van der Waals surface area contributed by atoms with Crippen LogP contribution in [-0.4, -0.2) is 34.2 Å². The van der Waals surface area contributed by atoms with E-state index in [1.165, 1.54) is 14.2 Å².